The first-order valence-electron chi connectivity index (χ1n) is 6.49. The molecule has 0 saturated heterocycles. The molecule has 2 aromatic heterocycles. The summed E-state index contributed by atoms with van der Waals surface area (Å²) < 4.78 is 11.3. The van der Waals surface area contributed by atoms with Gasteiger partial charge in [0.1, 0.15) is 0 Å². The van der Waals surface area contributed by atoms with Gasteiger partial charge in [-0.05, 0) is 24.3 Å². The minimum atomic E-state index is -0.212. The van der Waals surface area contributed by atoms with E-state index in [1.807, 2.05) is 24.3 Å². The molecule has 1 amide bonds. The Bertz CT molecular complexity index is 703. The van der Waals surface area contributed by atoms with Crippen LogP contribution < -0.4 is 4.90 Å². The average Bonchev–Trinajstić information content (AvgIpc) is 3.16. The van der Waals surface area contributed by atoms with Crippen molar-refractivity contribution in [1.82, 2.24) is 4.98 Å². The molecule has 0 aliphatic heterocycles. The van der Waals surface area contributed by atoms with Crippen LogP contribution in [0.5, 0.6) is 0 Å². The fourth-order valence-corrected chi connectivity index (χ4v) is 2.97. The van der Waals surface area contributed by atoms with Crippen molar-refractivity contribution in [3.05, 3.63) is 48.4 Å². The van der Waals surface area contributed by atoms with Crippen molar-refractivity contribution < 1.29 is 13.9 Å². The second-order valence-electron chi connectivity index (χ2n) is 4.39. The van der Waals surface area contributed by atoms with E-state index in [1.54, 1.807) is 24.1 Å². The third kappa shape index (κ3) is 2.81. The van der Waals surface area contributed by atoms with E-state index in [2.05, 4.69) is 4.98 Å². The zero-order valence-corrected chi connectivity index (χ0v) is 12.3. The third-order valence-electron chi connectivity index (χ3n) is 3.01. The lowest BCUT2D eigenvalue weighted by molar-refractivity contribution is 0.0949. The van der Waals surface area contributed by atoms with Crippen LogP contribution in [-0.4, -0.2) is 31.2 Å². The average molecular weight is 302 g/mol. The van der Waals surface area contributed by atoms with Gasteiger partial charge in [-0.2, -0.15) is 0 Å². The number of methoxy groups -OCH3 is 1. The number of para-hydroxylation sites is 1. The fraction of sp³-hybridized carbons (Fsp3) is 0.200. The van der Waals surface area contributed by atoms with Gasteiger partial charge in [0, 0.05) is 7.11 Å². The van der Waals surface area contributed by atoms with E-state index in [-0.39, 0.29) is 5.91 Å². The zero-order chi connectivity index (χ0) is 14.7. The predicted molar refractivity (Wildman–Crippen MR) is 81.9 cm³/mol. The molecule has 0 aliphatic carbocycles. The maximum Gasteiger partial charge on any atom is 0.295 e. The molecule has 6 heteroatoms. The van der Waals surface area contributed by atoms with E-state index in [9.17, 15) is 4.79 Å². The topological polar surface area (TPSA) is 55.6 Å². The minimum absolute atomic E-state index is 0.212. The Morgan fingerprint density at radius 3 is 2.90 bits per heavy atom. The Kier molecular flexibility index (Phi) is 3.98. The lowest BCUT2D eigenvalue weighted by Gasteiger charge is -2.17. The highest BCUT2D eigenvalue weighted by Gasteiger charge is 2.22. The van der Waals surface area contributed by atoms with Gasteiger partial charge >= 0.3 is 0 Å². The first kappa shape index (κ1) is 13.8. The monoisotopic (exact) mass is 302 g/mol. The maximum absolute atomic E-state index is 12.5. The highest BCUT2D eigenvalue weighted by molar-refractivity contribution is 7.22. The van der Waals surface area contributed by atoms with Gasteiger partial charge in [0.15, 0.2) is 10.9 Å². The van der Waals surface area contributed by atoms with Crippen molar-refractivity contribution in [3.8, 4) is 0 Å². The van der Waals surface area contributed by atoms with Crippen LogP contribution in [0, 0.1) is 0 Å². The van der Waals surface area contributed by atoms with Crippen LogP contribution in [0.15, 0.2) is 47.1 Å². The first-order valence-corrected chi connectivity index (χ1v) is 7.31. The minimum Gasteiger partial charge on any atom is -0.459 e. The SMILES string of the molecule is COCCN(C(=O)c1ccco1)c1nc2ccccc2s1. The molecule has 0 spiro atoms. The number of rotatable bonds is 5. The number of nitrogens with zero attached hydrogens (tertiary/aromatic N) is 2. The molecule has 3 aromatic rings. The van der Waals surface area contributed by atoms with Gasteiger partial charge in [-0.3, -0.25) is 9.69 Å². The van der Waals surface area contributed by atoms with Gasteiger partial charge in [0.2, 0.25) is 0 Å². The van der Waals surface area contributed by atoms with Crippen LogP contribution in [0.25, 0.3) is 10.2 Å². The molecule has 108 valence electrons. The van der Waals surface area contributed by atoms with Crippen molar-refractivity contribution in [1.29, 1.82) is 0 Å². The summed E-state index contributed by atoms with van der Waals surface area (Å²) in [5.41, 5.74) is 0.882. The standard InChI is InChI=1S/C15H14N2O3S/c1-19-10-8-17(14(18)12-6-4-9-20-12)15-16-11-5-2-3-7-13(11)21-15/h2-7,9H,8,10H2,1H3. The fourth-order valence-electron chi connectivity index (χ4n) is 1.98. The van der Waals surface area contributed by atoms with Crippen molar-refractivity contribution >= 4 is 32.6 Å². The van der Waals surface area contributed by atoms with E-state index in [0.29, 0.717) is 24.0 Å². The zero-order valence-electron chi connectivity index (χ0n) is 11.5. The number of carbonyl (C=O) groups is 1. The molecule has 3 rings (SSSR count). The molecule has 0 atom stereocenters. The number of fused-ring (bicyclic) bond motifs is 1. The third-order valence-corrected chi connectivity index (χ3v) is 4.07. The van der Waals surface area contributed by atoms with Crippen LogP contribution in [0.2, 0.25) is 0 Å². The molecule has 21 heavy (non-hydrogen) atoms. The Morgan fingerprint density at radius 1 is 1.33 bits per heavy atom. The lowest BCUT2D eigenvalue weighted by atomic mass is 10.3. The maximum atomic E-state index is 12.5. The van der Waals surface area contributed by atoms with Crippen molar-refractivity contribution in [2.45, 2.75) is 0 Å². The number of furan rings is 1. The predicted octanol–water partition coefficient (Wildman–Crippen LogP) is 3.18. The summed E-state index contributed by atoms with van der Waals surface area (Å²) in [5, 5.41) is 0.648. The van der Waals surface area contributed by atoms with Crippen molar-refractivity contribution in [2.24, 2.45) is 0 Å². The molecule has 5 nitrogen and oxygen atoms in total. The van der Waals surface area contributed by atoms with Crippen LogP contribution >= 0.6 is 11.3 Å². The summed E-state index contributed by atoms with van der Waals surface area (Å²) in [7, 11) is 1.61. The summed E-state index contributed by atoms with van der Waals surface area (Å²) >= 11 is 1.48. The number of aromatic nitrogens is 1. The molecule has 0 aliphatic rings. The number of hydrogen-bond acceptors (Lipinski definition) is 5. The van der Waals surface area contributed by atoms with Crippen molar-refractivity contribution in [2.75, 3.05) is 25.2 Å². The quantitative estimate of drug-likeness (QED) is 0.726. The van der Waals surface area contributed by atoms with Crippen LogP contribution in [0.1, 0.15) is 10.6 Å². The molecular formula is C15H14N2O3S. The summed E-state index contributed by atoms with van der Waals surface area (Å²) in [4.78, 5) is 18.6. The summed E-state index contributed by atoms with van der Waals surface area (Å²) in [6, 6.07) is 11.1. The van der Waals surface area contributed by atoms with E-state index < -0.39 is 0 Å². The number of anilines is 1. The molecule has 1 aromatic carbocycles. The second kappa shape index (κ2) is 6.07. The smallest absolute Gasteiger partial charge is 0.295 e. The number of thiazole rings is 1. The van der Waals surface area contributed by atoms with Crippen LogP contribution in [0.3, 0.4) is 0 Å². The van der Waals surface area contributed by atoms with Gasteiger partial charge < -0.3 is 9.15 Å². The van der Waals surface area contributed by atoms with Gasteiger partial charge in [-0.25, -0.2) is 4.98 Å². The van der Waals surface area contributed by atoms with Crippen LogP contribution in [-0.2, 0) is 4.74 Å². The van der Waals surface area contributed by atoms with Crippen molar-refractivity contribution in [3.63, 3.8) is 0 Å². The van der Waals surface area contributed by atoms with E-state index in [0.717, 1.165) is 10.2 Å². The lowest BCUT2D eigenvalue weighted by Crippen LogP contribution is -2.33. The van der Waals surface area contributed by atoms with Gasteiger partial charge in [-0.15, -0.1) is 0 Å². The summed E-state index contributed by atoms with van der Waals surface area (Å²) in [6.07, 6.45) is 1.49. The summed E-state index contributed by atoms with van der Waals surface area (Å²) in [6.45, 7) is 0.859. The molecule has 0 fully saturated rings. The Balaban J connectivity index is 1.96. The molecule has 0 unspecified atom stereocenters. The number of ether oxygens (including phenoxy) is 1. The van der Waals surface area contributed by atoms with Gasteiger partial charge in [0.25, 0.3) is 5.91 Å². The Labute approximate surface area is 125 Å². The molecule has 0 N–H and O–H groups in total. The molecule has 0 radical (unpaired) electrons. The Hall–Kier alpha value is -2.18. The summed E-state index contributed by atoms with van der Waals surface area (Å²) in [5.74, 6) is 0.0847. The number of benzene rings is 1. The molecular weight excluding hydrogens is 288 g/mol. The number of carbonyl (C=O) groups excluding carboxylic acids is 1. The highest BCUT2D eigenvalue weighted by Crippen LogP contribution is 2.29. The molecule has 2 heterocycles. The van der Waals surface area contributed by atoms with E-state index >= 15 is 0 Å². The molecule has 0 bridgehead atoms. The van der Waals surface area contributed by atoms with E-state index in [4.69, 9.17) is 9.15 Å². The normalized spacial score (nSPS) is 10.9. The Morgan fingerprint density at radius 2 is 2.19 bits per heavy atom. The highest BCUT2D eigenvalue weighted by atomic mass is 32.1. The van der Waals surface area contributed by atoms with Gasteiger partial charge in [0.05, 0.1) is 29.6 Å². The second-order valence-corrected chi connectivity index (χ2v) is 5.40. The largest absolute Gasteiger partial charge is 0.459 e. The number of amides is 1. The number of hydrogen-bond donors (Lipinski definition) is 0. The first-order chi connectivity index (χ1) is 10.3. The molecule has 0 saturated carbocycles. The van der Waals surface area contributed by atoms with E-state index in [1.165, 1.54) is 17.6 Å². The van der Waals surface area contributed by atoms with Crippen LogP contribution in [0.4, 0.5) is 5.13 Å². The van der Waals surface area contributed by atoms with Gasteiger partial charge in [-0.1, -0.05) is 23.5 Å².